The van der Waals surface area contributed by atoms with E-state index < -0.39 is 0 Å². The predicted molar refractivity (Wildman–Crippen MR) is 110 cm³/mol. The SMILES string of the molecule is COc1cccc(-c2nc(CCNC(=O)CCCc3ccccc3)cs2)c1. The van der Waals surface area contributed by atoms with Crippen molar-refractivity contribution in [3.63, 3.8) is 0 Å². The van der Waals surface area contributed by atoms with Crippen LogP contribution in [0.5, 0.6) is 5.75 Å². The lowest BCUT2D eigenvalue weighted by atomic mass is 10.1. The van der Waals surface area contributed by atoms with Crippen molar-refractivity contribution in [2.75, 3.05) is 13.7 Å². The van der Waals surface area contributed by atoms with E-state index in [0.29, 0.717) is 13.0 Å². The van der Waals surface area contributed by atoms with Gasteiger partial charge in [-0.25, -0.2) is 4.98 Å². The number of benzene rings is 2. The molecule has 0 atom stereocenters. The first-order chi connectivity index (χ1) is 13.2. The minimum absolute atomic E-state index is 0.106. The number of ether oxygens (including phenoxy) is 1. The highest BCUT2D eigenvalue weighted by atomic mass is 32.1. The van der Waals surface area contributed by atoms with Crippen molar-refractivity contribution >= 4 is 17.2 Å². The summed E-state index contributed by atoms with van der Waals surface area (Å²) in [5, 5.41) is 6.01. The number of aromatic nitrogens is 1. The van der Waals surface area contributed by atoms with Crippen LogP contribution in [-0.4, -0.2) is 24.5 Å². The fraction of sp³-hybridized carbons (Fsp3) is 0.273. The van der Waals surface area contributed by atoms with Crippen LogP contribution in [0.4, 0.5) is 0 Å². The molecule has 0 aliphatic carbocycles. The van der Waals surface area contributed by atoms with Crippen LogP contribution in [-0.2, 0) is 17.6 Å². The number of hydrogen-bond acceptors (Lipinski definition) is 4. The van der Waals surface area contributed by atoms with E-state index in [1.807, 2.05) is 42.5 Å². The highest BCUT2D eigenvalue weighted by molar-refractivity contribution is 7.13. The minimum Gasteiger partial charge on any atom is -0.497 e. The summed E-state index contributed by atoms with van der Waals surface area (Å²) in [5.74, 6) is 0.932. The third-order valence-electron chi connectivity index (χ3n) is 4.28. The van der Waals surface area contributed by atoms with Crippen LogP contribution in [0.1, 0.15) is 24.1 Å². The molecular weight excluding hydrogens is 356 g/mol. The molecule has 140 valence electrons. The standard InChI is InChI=1S/C22H24N2O2S/c1-26-20-11-6-10-18(15-20)22-24-19(16-27-22)13-14-23-21(25)12-5-9-17-7-3-2-4-8-17/h2-4,6-8,10-11,15-16H,5,9,12-14H2,1H3,(H,23,25). The second kappa shape index (κ2) is 9.88. The molecular formula is C22H24N2O2S. The van der Waals surface area contributed by atoms with Gasteiger partial charge in [-0.3, -0.25) is 4.79 Å². The Morgan fingerprint density at radius 1 is 1.11 bits per heavy atom. The Morgan fingerprint density at radius 2 is 1.96 bits per heavy atom. The largest absolute Gasteiger partial charge is 0.497 e. The number of carbonyl (C=O) groups excluding carboxylic acids is 1. The van der Waals surface area contributed by atoms with Crippen molar-refractivity contribution in [1.82, 2.24) is 10.3 Å². The zero-order valence-corrected chi connectivity index (χ0v) is 16.3. The van der Waals surface area contributed by atoms with E-state index in [2.05, 4.69) is 27.8 Å². The van der Waals surface area contributed by atoms with Gasteiger partial charge in [0.25, 0.3) is 0 Å². The first-order valence-corrected chi connectivity index (χ1v) is 10.0. The molecule has 0 aliphatic rings. The molecule has 3 aromatic rings. The Hall–Kier alpha value is -2.66. The molecule has 0 fully saturated rings. The van der Waals surface area contributed by atoms with Crippen molar-refractivity contribution < 1.29 is 9.53 Å². The van der Waals surface area contributed by atoms with Crippen LogP contribution in [0, 0.1) is 0 Å². The quantitative estimate of drug-likeness (QED) is 0.595. The lowest BCUT2D eigenvalue weighted by molar-refractivity contribution is -0.121. The van der Waals surface area contributed by atoms with E-state index in [9.17, 15) is 4.79 Å². The minimum atomic E-state index is 0.106. The number of aryl methyl sites for hydroxylation is 1. The van der Waals surface area contributed by atoms with Crippen molar-refractivity contribution in [3.8, 4) is 16.3 Å². The van der Waals surface area contributed by atoms with Crippen LogP contribution in [0.15, 0.2) is 60.0 Å². The van der Waals surface area contributed by atoms with E-state index >= 15 is 0 Å². The molecule has 0 spiro atoms. The summed E-state index contributed by atoms with van der Waals surface area (Å²) in [6, 6.07) is 18.2. The van der Waals surface area contributed by atoms with Gasteiger partial charge >= 0.3 is 0 Å². The van der Waals surface area contributed by atoms with Crippen LogP contribution in [0.3, 0.4) is 0 Å². The van der Waals surface area contributed by atoms with Gasteiger partial charge in [-0.15, -0.1) is 11.3 Å². The number of nitrogens with one attached hydrogen (secondary N) is 1. The van der Waals surface area contributed by atoms with Crippen molar-refractivity contribution in [3.05, 3.63) is 71.2 Å². The molecule has 2 aromatic carbocycles. The second-order valence-electron chi connectivity index (χ2n) is 6.32. The average molecular weight is 381 g/mol. The third-order valence-corrected chi connectivity index (χ3v) is 5.22. The molecule has 27 heavy (non-hydrogen) atoms. The lowest BCUT2D eigenvalue weighted by Gasteiger charge is -2.04. The van der Waals surface area contributed by atoms with Gasteiger partial charge in [0.1, 0.15) is 10.8 Å². The van der Waals surface area contributed by atoms with Gasteiger partial charge in [0.05, 0.1) is 12.8 Å². The Morgan fingerprint density at radius 3 is 2.78 bits per heavy atom. The highest BCUT2D eigenvalue weighted by Gasteiger charge is 2.07. The van der Waals surface area contributed by atoms with Gasteiger partial charge in [0.2, 0.25) is 5.91 Å². The van der Waals surface area contributed by atoms with E-state index in [-0.39, 0.29) is 5.91 Å². The molecule has 1 amide bonds. The Labute approximate surface area is 164 Å². The maximum Gasteiger partial charge on any atom is 0.220 e. The third kappa shape index (κ3) is 5.93. The van der Waals surface area contributed by atoms with E-state index in [0.717, 1.165) is 41.3 Å². The topological polar surface area (TPSA) is 51.2 Å². The molecule has 0 aliphatic heterocycles. The molecule has 5 heteroatoms. The summed E-state index contributed by atoms with van der Waals surface area (Å²) in [4.78, 5) is 16.6. The summed E-state index contributed by atoms with van der Waals surface area (Å²) >= 11 is 1.61. The molecule has 1 aromatic heterocycles. The number of carbonyl (C=O) groups is 1. The van der Waals surface area contributed by atoms with Gasteiger partial charge in [-0.05, 0) is 30.5 Å². The highest BCUT2D eigenvalue weighted by Crippen LogP contribution is 2.26. The lowest BCUT2D eigenvalue weighted by Crippen LogP contribution is -2.25. The molecule has 1 N–H and O–H groups in total. The summed E-state index contributed by atoms with van der Waals surface area (Å²) < 4.78 is 5.26. The summed E-state index contributed by atoms with van der Waals surface area (Å²) in [6.07, 6.45) is 3.10. The van der Waals surface area contributed by atoms with Crippen LogP contribution in [0.2, 0.25) is 0 Å². The van der Waals surface area contributed by atoms with Crippen molar-refractivity contribution in [2.45, 2.75) is 25.7 Å². The molecule has 0 saturated heterocycles. The number of methoxy groups -OCH3 is 1. The van der Waals surface area contributed by atoms with Crippen LogP contribution >= 0.6 is 11.3 Å². The van der Waals surface area contributed by atoms with Crippen molar-refractivity contribution in [2.24, 2.45) is 0 Å². The Balaban J connectivity index is 1.40. The summed E-state index contributed by atoms with van der Waals surface area (Å²) in [5.41, 5.74) is 3.33. The van der Waals surface area contributed by atoms with Crippen LogP contribution < -0.4 is 10.1 Å². The maximum atomic E-state index is 12.0. The van der Waals surface area contributed by atoms with Gasteiger partial charge < -0.3 is 10.1 Å². The molecule has 0 saturated carbocycles. The summed E-state index contributed by atoms with van der Waals surface area (Å²) in [7, 11) is 1.66. The van der Waals surface area contributed by atoms with Gasteiger partial charge in [0.15, 0.2) is 0 Å². The zero-order chi connectivity index (χ0) is 18.9. The van der Waals surface area contributed by atoms with Gasteiger partial charge in [-0.2, -0.15) is 0 Å². The Bertz CT molecular complexity index is 862. The van der Waals surface area contributed by atoms with Gasteiger partial charge in [0, 0.05) is 30.3 Å². The first-order valence-electron chi connectivity index (χ1n) is 9.14. The summed E-state index contributed by atoms with van der Waals surface area (Å²) in [6.45, 7) is 0.617. The van der Waals surface area contributed by atoms with Crippen LogP contribution in [0.25, 0.3) is 10.6 Å². The van der Waals surface area contributed by atoms with E-state index in [4.69, 9.17) is 4.74 Å². The first kappa shape index (κ1) is 19.1. The average Bonchev–Trinajstić information content (AvgIpc) is 3.18. The second-order valence-corrected chi connectivity index (χ2v) is 7.17. The maximum absolute atomic E-state index is 12.0. The zero-order valence-electron chi connectivity index (χ0n) is 15.5. The molecule has 0 unspecified atom stereocenters. The van der Waals surface area contributed by atoms with E-state index in [1.165, 1.54) is 5.56 Å². The number of rotatable bonds is 9. The fourth-order valence-corrected chi connectivity index (χ4v) is 3.68. The predicted octanol–water partition coefficient (Wildman–Crippen LogP) is 4.50. The number of amides is 1. The molecule has 4 nitrogen and oxygen atoms in total. The Kier molecular flexibility index (Phi) is 6.99. The number of nitrogens with zero attached hydrogens (tertiary/aromatic N) is 1. The van der Waals surface area contributed by atoms with Crippen molar-refractivity contribution in [1.29, 1.82) is 0 Å². The number of thiazole rings is 1. The molecule has 1 heterocycles. The normalized spacial score (nSPS) is 10.6. The monoisotopic (exact) mass is 380 g/mol. The smallest absolute Gasteiger partial charge is 0.220 e. The fourth-order valence-electron chi connectivity index (χ4n) is 2.83. The van der Waals surface area contributed by atoms with E-state index in [1.54, 1.807) is 18.4 Å². The number of hydrogen-bond donors (Lipinski definition) is 1. The molecule has 3 rings (SSSR count). The molecule has 0 bridgehead atoms. The van der Waals surface area contributed by atoms with Gasteiger partial charge in [-0.1, -0.05) is 42.5 Å². The molecule has 0 radical (unpaired) electrons.